The topological polar surface area (TPSA) is 252 Å². The maximum absolute atomic E-state index is 12.9. The van der Waals surface area contributed by atoms with Crippen molar-refractivity contribution in [1.29, 1.82) is 0 Å². The van der Waals surface area contributed by atoms with E-state index in [2.05, 4.69) is 26.6 Å². The number of Topliss-reactive ketones (excluding diaryl/α,β-unsaturated/α-hetero) is 1. The number of esters is 1. The lowest BCUT2D eigenvalue weighted by Crippen LogP contribution is -2.52. The van der Waals surface area contributed by atoms with E-state index in [1.54, 1.807) is 13.8 Å². The molecule has 1 rings (SSSR count). The van der Waals surface area contributed by atoms with Gasteiger partial charge in [0.25, 0.3) is 5.91 Å². The minimum atomic E-state index is -0.992. The molecule has 0 heterocycles. The van der Waals surface area contributed by atoms with E-state index in [0.717, 1.165) is 0 Å². The molecule has 1 aromatic rings. The fourth-order valence-corrected chi connectivity index (χ4v) is 4.35. The van der Waals surface area contributed by atoms with E-state index in [9.17, 15) is 33.6 Å². The van der Waals surface area contributed by atoms with Crippen LogP contribution in [0.3, 0.4) is 0 Å². The highest BCUT2D eigenvalue weighted by molar-refractivity contribution is 6.00. The predicted molar refractivity (Wildman–Crippen MR) is 197 cm³/mol. The summed E-state index contributed by atoms with van der Waals surface area (Å²) in [5, 5.41) is 12.8. The Bertz CT molecular complexity index is 1360. The summed E-state index contributed by atoms with van der Waals surface area (Å²) >= 11 is 0. The standard InChI is InChI=1S/C36H58N6O12/c1-24(2)30(44)8-12-50-14-16-52-18-19-53-17-15-51-13-9-31(45)39-21-33(47)42-34(25(3)4)36(49)40-22-32(46)41-28-7-6-27(23-54-26(5)43)29(20-28)35(48)38-11-10-37/h6-7,20,24-25,34H,8-19,21-23,37H2,1-5H3,(H,38,48)(H,39,45)(H,40,49)(H,41,46)(H,42,47). The first-order chi connectivity index (χ1) is 25.7. The second-order valence-electron chi connectivity index (χ2n) is 12.6. The molecular formula is C36H58N6O12. The second-order valence-corrected chi connectivity index (χ2v) is 12.6. The van der Waals surface area contributed by atoms with E-state index in [-0.39, 0.29) is 74.7 Å². The summed E-state index contributed by atoms with van der Waals surface area (Å²) in [6, 6.07) is 3.47. The monoisotopic (exact) mass is 766 g/mol. The SMILES string of the molecule is CC(=O)OCc1ccc(NC(=O)CNC(=O)C(NC(=O)CNC(=O)CCOCCOCCOCCOCCC(=O)C(C)C)C(C)C)cc1C(=O)NCCN. The largest absolute Gasteiger partial charge is 0.461 e. The van der Waals surface area contributed by atoms with Gasteiger partial charge in [0.1, 0.15) is 18.4 Å². The van der Waals surface area contributed by atoms with Gasteiger partial charge in [-0.05, 0) is 18.1 Å². The molecule has 0 aromatic heterocycles. The third-order valence-corrected chi connectivity index (χ3v) is 7.36. The number of anilines is 1. The van der Waals surface area contributed by atoms with E-state index >= 15 is 0 Å². The van der Waals surface area contributed by atoms with Gasteiger partial charge in [0.05, 0.1) is 65.9 Å². The number of nitrogens with two attached hydrogens (primary N) is 1. The van der Waals surface area contributed by atoms with E-state index < -0.39 is 48.1 Å². The minimum Gasteiger partial charge on any atom is -0.461 e. The number of benzene rings is 1. The molecule has 0 radical (unpaired) electrons. The van der Waals surface area contributed by atoms with Gasteiger partial charge in [0.2, 0.25) is 23.6 Å². The Labute approximate surface area is 316 Å². The quantitative estimate of drug-likeness (QED) is 0.0458. The Kier molecular flexibility index (Phi) is 24.7. The number of rotatable bonds is 29. The number of carbonyl (C=O) groups excluding carboxylic acids is 7. The maximum atomic E-state index is 12.9. The van der Waals surface area contributed by atoms with Crippen molar-refractivity contribution in [1.82, 2.24) is 21.3 Å². The van der Waals surface area contributed by atoms with Crippen LogP contribution in [0.5, 0.6) is 0 Å². The molecule has 0 saturated carbocycles. The summed E-state index contributed by atoms with van der Waals surface area (Å²) in [5.41, 5.74) is 6.31. The fourth-order valence-electron chi connectivity index (χ4n) is 4.35. The number of ether oxygens (including phenoxy) is 5. The van der Waals surface area contributed by atoms with Crippen LogP contribution in [0.4, 0.5) is 5.69 Å². The van der Waals surface area contributed by atoms with Crippen molar-refractivity contribution >= 4 is 47.0 Å². The first-order valence-electron chi connectivity index (χ1n) is 18.0. The van der Waals surface area contributed by atoms with Crippen molar-refractivity contribution < 1.29 is 57.2 Å². The van der Waals surface area contributed by atoms with Crippen LogP contribution < -0.4 is 32.3 Å². The van der Waals surface area contributed by atoms with Crippen molar-refractivity contribution in [3.8, 4) is 0 Å². The Morgan fingerprint density at radius 3 is 1.83 bits per heavy atom. The van der Waals surface area contributed by atoms with Crippen molar-refractivity contribution in [2.75, 3.05) is 84.4 Å². The number of amides is 5. The van der Waals surface area contributed by atoms with E-state index in [0.29, 0.717) is 51.6 Å². The first kappa shape index (κ1) is 47.5. The lowest BCUT2D eigenvalue weighted by atomic mass is 10.0. The molecule has 18 heteroatoms. The number of ketones is 1. The molecular weight excluding hydrogens is 708 g/mol. The smallest absolute Gasteiger partial charge is 0.302 e. The van der Waals surface area contributed by atoms with E-state index in [1.165, 1.54) is 25.1 Å². The van der Waals surface area contributed by atoms with Gasteiger partial charge in [-0.15, -0.1) is 0 Å². The Balaban J connectivity index is 2.33. The molecule has 0 aliphatic heterocycles. The zero-order chi connectivity index (χ0) is 40.3. The highest BCUT2D eigenvalue weighted by atomic mass is 16.6. The molecule has 304 valence electrons. The number of hydrogen-bond acceptors (Lipinski definition) is 13. The molecule has 0 aliphatic carbocycles. The number of hydrogen-bond donors (Lipinski definition) is 6. The van der Waals surface area contributed by atoms with Gasteiger partial charge in [-0.25, -0.2) is 0 Å². The lowest BCUT2D eigenvalue weighted by molar-refractivity contribution is -0.142. The number of carbonyl (C=O) groups is 7. The molecule has 54 heavy (non-hydrogen) atoms. The van der Waals surface area contributed by atoms with Crippen LogP contribution in [0.2, 0.25) is 0 Å². The molecule has 1 aromatic carbocycles. The zero-order valence-corrected chi connectivity index (χ0v) is 32.0. The maximum Gasteiger partial charge on any atom is 0.302 e. The lowest BCUT2D eigenvalue weighted by Gasteiger charge is -2.21. The molecule has 0 bridgehead atoms. The first-order valence-corrected chi connectivity index (χ1v) is 18.0. The van der Waals surface area contributed by atoms with Gasteiger partial charge in [0.15, 0.2) is 0 Å². The summed E-state index contributed by atoms with van der Waals surface area (Å²) in [5.74, 6) is -3.39. The highest BCUT2D eigenvalue weighted by Crippen LogP contribution is 2.17. The minimum absolute atomic E-state index is 0.00878. The summed E-state index contributed by atoms with van der Waals surface area (Å²) in [6.45, 7) is 10.5. The van der Waals surface area contributed by atoms with Gasteiger partial charge in [0, 0.05) is 55.6 Å². The Morgan fingerprint density at radius 2 is 1.28 bits per heavy atom. The molecule has 7 N–H and O–H groups in total. The average molecular weight is 767 g/mol. The summed E-state index contributed by atoms with van der Waals surface area (Å²) in [4.78, 5) is 85.6. The van der Waals surface area contributed by atoms with Crippen LogP contribution in [-0.2, 0) is 59.1 Å². The average Bonchev–Trinajstić information content (AvgIpc) is 3.13. The molecule has 0 aliphatic rings. The van der Waals surface area contributed by atoms with Crippen LogP contribution in [0.1, 0.15) is 63.4 Å². The van der Waals surface area contributed by atoms with Crippen LogP contribution >= 0.6 is 0 Å². The highest BCUT2D eigenvalue weighted by Gasteiger charge is 2.25. The molecule has 5 amide bonds. The summed E-state index contributed by atoms with van der Waals surface area (Å²) in [6.07, 6.45) is 0.407. The molecule has 1 unspecified atom stereocenters. The van der Waals surface area contributed by atoms with E-state index in [4.69, 9.17) is 29.4 Å². The van der Waals surface area contributed by atoms with Crippen molar-refractivity contribution in [3.63, 3.8) is 0 Å². The molecule has 1 atom stereocenters. The molecule has 0 spiro atoms. The van der Waals surface area contributed by atoms with Gasteiger partial charge in [-0.3, -0.25) is 33.6 Å². The molecule has 0 fully saturated rings. The third kappa shape index (κ3) is 21.9. The normalized spacial score (nSPS) is 11.5. The van der Waals surface area contributed by atoms with Gasteiger partial charge in [-0.2, -0.15) is 0 Å². The second kappa shape index (κ2) is 28.0. The Morgan fingerprint density at radius 1 is 0.704 bits per heavy atom. The van der Waals surface area contributed by atoms with Gasteiger partial charge >= 0.3 is 5.97 Å². The predicted octanol–water partition coefficient (Wildman–Crippen LogP) is -0.178. The Hall–Kier alpha value is -4.49. The summed E-state index contributed by atoms with van der Waals surface area (Å²) in [7, 11) is 0. The third-order valence-electron chi connectivity index (χ3n) is 7.36. The zero-order valence-electron chi connectivity index (χ0n) is 32.0. The van der Waals surface area contributed by atoms with Gasteiger partial charge in [-0.1, -0.05) is 33.8 Å². The molecule has 18 nitrogen and oxygen atoms in total. The molecule has 0 saturated heterocycles. The van der Waals surface area contributed by atoms with Crippen molar-refractivity contribution in [2.45, 2.75) is 60.1 Å². The van der Waals surface area contributed by atoms with Gasteiger partial charge < -0.3 is 56.0 Å². The van der Waals surface area contributed by atoms with Crippen molar-refractivity contribution in [2.24, 2.45) is 17.6 Å². The summed E-state index contributed by atoms with van der Waals surface area (Å²) < 4.78 is 26.6. The van der Waals surface area contributed by atoms with Crippen LogP contribution in [0.25, 0.3) is 0 Å². The van der Waals surface area contributed by atoms with Crippen LogP contribution in [-0.4, -0.2) is 126 Å². The van der Waals surface area contributed by atoms with Crippen LogP contribution in [0.15, 0.2) is 18.2 Å². The van der Waals surface area contributed by atoms with Crippen LogP contribution in [0, 0.1) is 11.8 Å². The van der Waals surface area contributed by atoms with E-state index in [1.807, 2.05) is 13.8 Å². The number of nitrogens with one attached hydrogen (secondary N) is 5. The fraction of sp³-hybridized carbons (Fsp3) is 0.639. The van der Waals surface area contributed by atoms with Crippen molar-refractivity contribution in [3.05, 3.63) is 29.3 Å².